The number of benzene rings is 11. The molecule has 0 aliphatic rings. The number of hydrogen-bond acceptors (Lipinski definition) is 5. The number of anilines is 6. The van der Waals surface area contributed by atoms with E-state index in [4.69, 9.17) is 13.3 Å². The van der Waals surface area contributed by atoms with Gasteiger partial charge >= 0.3 is 0 Å². The molecule has 0 N–H and O–H groups in total. The maximum Gasteiger partial charge on any atom is 0.136 e. The summed E-state index contributed by atoms with van der Waals surface area (Å²) >= 11 is 0. The molecular weight excluding hydrogens is 869 g/mol. The van der Waals surface area contributed by atoms with E-state index in [1.807, 2.05) is 36.4 Å². The van der Waals surface area contributed by atoms with Gasteiger partial charge in [-0.25, -0.2) is 0 Å². The van der Waals surface area contributed by atoms with Gasteiger partial charge in [-0.2, -0.15) is 0 Å². The van der Waals surface area contributed by atoms with Crippen molar-refractivity contribution in [2.24, 2.45) is 0 Å². The van der Waals surface area contributed by atoms with Crippen molar-refractivity contribution in [3.63, 3.8) is 0 Å². The Bertz CT molecular complexity index is 4260. The molecule has 71 heavy (non-hydrogen) atoms. The number of nitrogens with zero attached hydrogens (tertiary/aromatic N) is 2. The van der Waals surface area contributed by atoms with Crippen LogP contribution in [0.25, 0.3) is 99.2 Å². The molecule has 14 rings (SSSR count). The Hall–Kier alpha value is -9.58. The quantitative estimate of drug-likeness (QED) is 0.144. The third-order valence-corrected chi connectivity index (χ3v) is 13.8. The lowest BCUT2D eigenvalue weighted by molar-refractivity contribution is 0.668. The first-order chi connectivity index (χ1) is 35.2. The van der Waals surface area contributed by atoms with Gasteiger partial charge in [0.1, 0.15) is 33.5 Å². The lowest BCUT2D eigenvalue weighted by Gasteiger charge is -2.34. The molecule has 5 nitrogen and oxygen atoms in total. The summed E-state index contributed by atoms with van der Waals surface area (Å²) in [5, 5.41) is 6.47. The summed E-state index contributed by atoms with van der Waals surface area (Å²) in [4.78, 5) is 4.81. The fourth-order valence-corrected chi connectivity index (χ4v) is 10.5. The number of hydrogen-bond donors (Lipinski definition) is 0. The topological polar surface area (TPSA) is 45.9 Å². The van der Waals surface area contributed by atoms with E-state index in [0.717, 1.165) is 133 Å². The molecule has 14 aromatic rings. The molecule has 5 heteroatoms. The Labute approximate surface area is 409 Å². The Morgan fingerprint density at radius 3 is 1.20 bits per heavy atom. The summed E-state index contributed by atoms with van der Waals surface area (Å²) in [5.74, 6) is 0. The van der Waals surface area contributed by atoms with Crippen molar-refractivity contribution in [3.05, 3.63) is 255 Å². The van der Waals surface area contributed by atoms with Crippen molar-refractivity contribution in [3.8, 4) is 33.4 Å². The van der Waals surface area contributed by atoms with E-state index in [9.17, 15) is 0 Å². The molecule has 0 radical (unpaired) electrons. The lowest BCUT2D eigenvalue weighted by atomic mass is 9.91. The fourth-order valence-electron chi connectivity index (χ4n) is 10.5. The minimum atomic E-state index is 0.840. The Morgan fingerprint density at radius 1 is 0.211 bits per heavy atom. The third kappa shape index (κ3) is 6.94. The zero-order valence-corrected chi connectivity index (χ0v) is 38.4. The van der Waals surface area contributed by atoms with E-state index in [-0.39, 0.29) is 0 Å². The second kappa shape index (κ2) is 16.6. The summed E-state index contributed by atoms with van der Waals surface area (Å²) in [7, 11) is 0. The van der Waals surface area contributed by atoms with Crippen LogP contribution in [-0.2, 0) is 0 Å². The molecule has 0 aliphatic heterocycles. The zero-order chi connectivity index (χ0) is 46.8. The average molecular weight is 911 g/mol. The molecule has 0 aliphatic carbocycles. The highest BCUT2D eigenvalue weighted by Crippen LogP contribution is 2.52. The van der Waals surface area contributed by atoms with Gasteiger partial charge in [0, 0.05) is 60.6 Å². The van der Waals surface area contributed by atoms with Gasteiger partial charge in [0.2, 0.25) is 0 Å². The van der Waals surface area contributed by atoms with Crippen LogP contribution in [0, 0.1) is 0 Å². The molecule has 0 bridgehead atoms. The van der Waals surface area contributed by atoms with Gasteiger partial charge in [0.15, 0.2) is 0 Å². The van der Waals surface area contributed by atoms with Crippen molar-refractivity contribution in [1.29, 1.82) is 0 Å². The van der Waals surface area contributed by atoms with E-state index in [1.165, 1.54) is 0 Å². The van der Waals surface area contributed by atoms with Gasteiger partial charge in [-0.05, 0) is 143 Å². The standard InChI is InChI=1S/C66H42N2O3/c1-4-19-48(20-5-1)67(49-21-6-2-7-22-49)58-39-47(44-18-16-17-43(37-44)45-31-34-55-52-25-10-13-28-60(52)71-65(55)41-45)40-59(66(58)46-32-35-63-56(38-46)53-26-11-14-29-61(53)69-63)68(50-23-8-3-9-24-50)51-33-36-64-57(42-51)54-27-12-15-30-62(54)70-64/h1-42H. The third-order valence-electron chi connectivity index (χ3n) is 13.8. The van der Waals surface area contributed by atoms with Gasteiger partial charge in [-0.15, -0.1) is 0 Å². The van der Waals surface area contributed by atoms with E-state index in [0.29, 0.717) is 0 Å². The average Bonchev–Trinajstić information content (AvgIpc) is 4.13. The van der Waals surface area contributed by atoms with E-state index >= 15 is 0 Å². The Kier molecular flexibility index (Phi) is 9.46. The van der Waals surface area contributed by atoms with Crippen LogP contribution < -0.4 is 9.80 Å². The van der Waals surface area contributed by atoms with Crippen molar-refractivity contribution in [2.75, 3.05) is 9.80 Å². The maximum absolute atomic E-state index is 6.47. The highest BCUT2D eigenvalue weighted by molar-refractivity contribution is 6.11. The van der Waals surface area contributed by atoms with Crippen molar-refractivity contribution >= 4 is 99.9 Å². The number of fused-ring (bicyclic) bond motifs is 9. The second-order valence-electron chi connectivity index (χ2n) is 18.0. The minimum absolute atomic E-state index is 0.840. The summed E-state index contributed by atoms with van der Waals surface area (Å²) in [6.45, 7) is 0. The van der Waals surface area contributed by atoms with Crippen molar-refractivity contribution in [1.82, 2.24) is 0 Å². The predicted octanol–water partition coefficient (Wildman–Crippen LogP) is 19.3. The van der Waals surface area contributed by atoms with Crippen LogP contribution in [0.4, 0.5) is 34.1 Å². The van der Waals surface area contributed by atoms with Crippen molar-refractivity contribution in [2.45, 2.75) is 0 Å². The monoisotopic (exact) mass is 910 g/mol. The smallest absolute Gasteiger partial charge is 0.136 e. The first-order valence-corrected chi connectivity index (χ1v) is 24.0. The molecule has 0 spiro atoms. The molecule has 0 saturated carbocycles. The lowest BCUT2D eigenvalue weighted by Crippen LogP contribution is -2.16. The zero-order valence-electron chi connectivity index (χ0n) is 38.4. The Morgan fingerprint density at radius 2 is 0.620 bits per heavy atom. The van der Waals surface area contributed by atoms with E-state index < -0.39 is 0 Å². The van der Waals surface area contributed by atoms with E-state index in [2.05, 4.69) is 228 Å². The number of rotatable bonds is 9. The molecule has 0 unspecified atom stereocenters. The first-order valence-electron chi connectivity index (χ1n) is 24.0. The fraction of sp³-hybridized carbons (Fsp3) is 0. The highest BCUT2D eigenvalue weighted by Gasteiger charge is 2.27. The summed E-state index contributed by atoms with van der Waals surface area (Å²) in [5.41, 5.74) is 17.6. The molecule has 0 amide bonds. The summed E-state index contributed by atoms with van der Waals surface area (Å²) in [6, 6.07) is 90.3. The van der Waals surface area contributed by atoms with Crippen LogP contribution in [0.15, 0.2) is 268 Å². The number of furan rings is 3. The molecule has 0 fully saturated rings. The van der Waals surface area contributed by atoms with Gasteiger partial charge < -0.3 is 23.1 Å². The molecule has 3 heterocycles. The Balaban J connectivity index is 1.09. The molecule has 0 atom stereocenters. The van der Waals surface area contributed by atoms with Crippen LogP contribution in [-0.4, -0.2) is 0 Å². The summed E-state index contributed by atoms with van der Waals surface area (Å²) in [6.07, 6.45) is 0. The molecular formula is C66H42N2O3. The largest absolute Gasteiger partial charge is 0.456 e. The normalized spacial score (nSPS) is 11.7. The van der Waals surface area contributed by atoms with Gasteiger partial charge in [-0.3, -0.25) is 0 Å². The molecule has 334 valence electrons. The van der Waals surface area contributed by atoms with Crippen molar-refractivity contribution < 1.29 is 13.3 Å². The maximum atomic E-state index is 6.47. The van der Waals surface area contributed by atoms with Crippen LogP contribution in [0.3, 0.4) is 0 Å². The molecule has 3 aromatic heterocycles. The molecule has 0 saturated heterocycles. The number of para-hydroxylation sites is 6. The minimum Gasteiger partial charge on any atom is -0.456 e. The predicted molar refractivity (Wildman–Crippen MR) is 294 cm³/mol. The highest BCUT2D eigenvalue weighted by atomic mass is 16.3. The second-order valence-corrected chi connectivity index (χ2v) is 18.0. The van der Waals surface area contributed by atoms with Crippen LogP contribution >= 0.6 is 0 Å². The van der Waals surface area contributed by atoms with Crippen LogP contribution in [0.1, 0.15) is 0 Å². The first kappa shape index (κ1) is 40.5. The van der Waals surface area contributed by atoms with E-state index in [1.54, 1.807) is 0 Å². The summed E-state index contributed by atoms with van der Waals surface area (Å²) < 4.78 is 19.3. The van der Waals surface area contributed by atoms with Gasteiger partial charge in [0.25, 0.3) is 0 Å². The molecule has 11 aromatic carbocycles. The van der Waals surface area contributed by atoms with Gasteiger partial charge in [-0.1, -0.05) is 140 Å². The van der Waals surface area contributed by atoms with Crippen LogP contribution in [0.2, 0.25) is 0 Å². The van der Waals surface area contributed by atoms with Gasteiger partial charge in [0.05, 0.1) is 11.4 Å². The van der Waals surface area contributed by atoms with Crippen LogP contribution in [0.5, 0.6) is 0 Å². The SMILES string of the molecule is c1ccc(N(c2ccccc2)c2cc(-c3cccc(-c4ccc5c(c4)oc4ccccc45)c3)cc(N(c3ccccc3)c3ccc4oc5ccccc5c4c3)c2-c2ccc3oc4ccccc4c3c2)cc1.